The number of ether oxygens (including phenoxy) is 2. The number of rotatable bonds is 6. The minimum atomic E-state index is -0.0257. The van der Waals surface area contributed by atoms with Crippen LogP contribution < -0.4 is 4.74 Å². The number of hydrogen-bond acceptors (Lipinski definition) is 3. The molecular weight excluding hydrogens is 204 g/mol. The van der Waals surface area contributed by atoms with E-state index in [0.717, 1.165) is 11.3 Å². The molecule has 0 heterocycles. The van der Waals surface area contributed by atoms with Crippen molar-refractivity contribution in [3.63, 3.8) is 0 Å². The van der Waals surface area contributed by atoms with E-state index in [4.69, 9.17) is 9.47 Å². The molecule has 0 aliphatic heterocycles. The lowest BCUT2D eigenvalue weighted by atomic mass is 10.0. The van der Waals surface area contributed by atoms with Gasteiger partial charge in [0.05, 0.1) is 13.2 Å². The standard InChI is InChI=1S/C13H18O3/c1-10(15-2)8-12(14)9-11-6-4-5-7-13(11)16-3/h4-7,10H,8-9H2,1-3H3. The van der Waals surface area contributed by atoms with Crippen LogP contribution in [0, 0.1) is 0 Å². The number of Topliss-reactive ketones (excluding diaryl/α,β-unsaturated/α-hetero) is 1. The summed E-state index contributed by atoms with van der Waals surface area (Å²) in [7, 11) is 3.22. The van der Waals surface area contributed by atoms with Crippen LogP contribution in [0.15, 0.2) is 24.3 Å². The molecule has 88 valence electrons. The maximum Gasteiger partial charge on any atom is 0.139 e. The quantitative estimate of drug-likeness (QED) is 0.740. The Morgan fingerprint density at radius 3 is 2.62 bits per heavy atom. The van der Waals surface area contributed by atoms with Crippen molar-refractivity contribution in [2.24, 2.45) is 0 Å². The van der Waals surface area contributed by atoms with E-state index in [1.807, 2.05) is 31.2 Å². The number of carbonyl (C=O) groups excluding carboxylic acids is 1. The second-order valence-electron chi connectivity index (χ2n) is 3.78. The lowest BCUT2D eigenvalue weighted by Gasteiger charge is -2.10. The average Bonchev–Trinajstić information content (AvgIpc) is 2.29. The van der Waals surface area contributed by atoms with Crippen molar-refractivity contribution < 1.29 is 14.3 Å². The van der Waals surface area contributed by atoms with E-state index in [2.05, 4.69) is 0 Å². The average molecular weight is 222 g/mol. The third-order valence-electron chi connectivity index (χ3n) is 2.50. The van der Waals surface area contributed by atoms with E-state index in [-0.39, 0.29) is 11.9 Å². The van der Waals surface area contributed by atoms with Gasteiger partial charge in [-0.25, -0.2) is 0 Å². The molecule has 0 aliphatic carbocycles. The van der Waals surface area contributed by atoms with Gasteiger partial charge in [0, 0.05) is 25.5 Å². The van der Waals surface area contributed by atoms with Crippen LogP contribution >= 0.6 is 0 Å². The molecule has 3 nitrogen and oxygen atoms in total. The van der Waals surface area contributed by atoms with E-state index in [9.17, 15) is 4.79 Å². The van der Waals surface area contributed by atoms with Crippen molar-refractivity contribution in [3.8, 4) is 5.75 Å². The Hall–Kier alpha value is -1.35. The highest BCUT2D eigenvalue weighted by molar-refractivity contribution is 5.81. The Morgan fingerprint density at radius 2 is 2.00 bits per heavy atom. The van der Waals surface area contributed by atoms with Gasteiger partial charge in [0.1, 0.15) is 11.5 Å². The molecule has 0 amide bonds. The molecule has 0 aromatic heterocycles. The van der Waals surface area contributed by atoms with Gasteiger partial charge in [0.25, 0.3) is 0 Å². The van der Waals surface area contributed by atoms with Crippen molar-refractivity contribution in [1.29, 1.82) is 0 Å². The van der Waals surface area contributed by atoms with Crippen LogP contribution in [-0.4, -0.2) is 26.1 Å². The Labute approximate surface area is 96.4 Å². The third kappa shape index (κ3) is 3.66. The second kappa shape index (κ2) is 6.28. The molecule has 1 unspecified atom stereocenters. The summed E-state index contributed by atoms with van der Waals surface area (Å²) in [5, 5.41) is 0. The molecule has 1 aromatic carbocycles. The summed E-state index contributed by atoms with van der Waals surface area (Å²) in [6, 6.07) is 7.58. The molecule has 1 aromatic rings. The normalized spacial score (nSPS) is 12.2. The summed E-state index contributed by atoms with van der Waals surface area (Å²) in [5.74, 6) is 0.930. The van der Waals surface area contributed by atoms with Crippen LogP contribution in [0.2, 0.25) is 0 Å². The summed E-state index contributed by atoms with van der Waals surface area (Å²) in [6.45, 7) is 1.89. The number of carbonyl (C=O) groups is 1. The molecule has 1 rings (SSSR count). The van der Waals surface area contributed by atoms with Crippen LogP contribution in [0.25, 0.3) is 0 Å². The van der Waals surface area contributed by atoms with Crippen LogP contribution in [0.4, 0.5) is 0 Å². The number of benzene rings is 1. The second-order valence-corrected chi connectivity index (χ2v) is 3.78. The fraction of sp³-hybridized carbons (Fsp3) is 0.462. The van der Waals surface area contributed by atoms with Crippen molar-refractivity contribution >= 4 is 5.78 Å². The zero-order valence-corrected chi connectivity index (χ0v) is 10.0. The van der Waals surface area contributed by atoms with Crippen molar-refractivity contribution in [2.45, 2.75) is 25.9 Å². The van der Waals surface area contributed by atoms with Crippen LogP contribution in [0.1, 0.15) is 18.9 Å². The number of ketones is 1. The van der Waals surface area contributed by atoms with Gasteiger partial charge < -0.3 is 9.47 Å². The van der Waals surface area contributed by atoms with Crippen molar-refractivity contribution in [3.05, 3.63) is 29.8 Å². The topological polar surface area (TPSA) is 35.5 Å². The Bertz CT molecular complexity index is 347. The summed E-state index contributed by atoms with van der Waals surface area (Å²) < 4.78 is 10.3. The fourth-order valence-electron chi connectivity index (χ4n) is 1.54. The molecule has 0 saturated carbocycles. The van der Waals surface area contributed by atoms with E-state index in [1.54, 1.807) is 14.2 Å². The highest BCUT2D eigenvalue weighted by Crippen LogP contribution is 2.18. The number of para-hydroxylation sites is 1. The zero-order chi connectivity index (χ0) is 12.0. The summed E-state index contributed by atoms with van der Waals surface area (Å²) in [6.07, 6.45) is 0.814. The highest BCUT2D eigenvalue weighted by Gasteiger charge is 2.11. The Kier molecular flexibility index (Phi) is 4.99. The minimum Gasteiger partial charge on any atom is -0.496 e. The number of hydrogen-bond donors (Lipinski definition) is 0. The van der Waals surface area contributed by atoms with Crippen LogP contribution in [-0.2, 0) is 16.0 Å². The monoisotopic (exact) mass is 222 g/mol. The summed E-state index contributed by atoms with van der Waals surface area (Å²) in [4.78, 5) is 11.7. The lowest BCUT2D eigenvalue weighted by molar-refractivity contribution is -0.120. The zero-order valence-electron chi connectivity index (χ0n) is 10.0. The maximum atomic E-state index is 11.7. The Balaban J connectivity index is 2.62. The first-order chi connectivity index (χ1) is 7.67. The fourth-order valence-corrected chi connectivity index (χ4v) is 1.54. The summed E-state index contributed by atoms with van der Waals surface area (Å²) in [5.41, 5.74) is 0.929. The van der Waals surface area contributed by atoms with Crippen LogP contribution in [0.3, 0.4) is 0 Å². The molecular formula is C13H18O3. The Morgan fingerprint density at radius 1 is 1.31 bits per heavy atom. The maximum absolute atomic E-state index is 11.7. The van der Waals surface area contributed by atoms with E-state index < -0.39 is 0 Å². The van der Waals surface area contributed by atoms with Gasteiger partial charge in [0.15, 0.2) is 0 Å². The smallest absolute Gasteiger partial charge is 0.139 e. The third-order valence-corrected chi connectivity index (χ3v) is 2.50. The van der Waals surface area contributed by atoms with E-state index >= 15 is 0 Å². The lowest BCUT2D eigenvalue weighted by Crippen LogP contribution is -2.14. The van der Waals surface area contributed by atoms with Gasteiger partial charge in [-0.1, -0.05) is 18.2 Å². The molecule has 0 radical (unpaired) electrons. The molecule has 16 heavy (non-hydrogen) atoms. The van der Waals surface area contributed by atoms with Crippen molar-refractivity contribution in [1.82, 2.24) is 0 Å². The summed E-state index contributed by atoms with van der Waals surface area (Å²) >= 11 is 0. The van der Waals surface area contributed by atoms with Crippen LogP contribution in [0.5, 0.6) is 5.75 Å². The molecule has 0 bridgehead atoms. The van der Waals surface area contributed by atoms with Gasteiger partial charge in [-0.3, -0.25) is 4.79 Å². The number of methoxy groups -OCH3 is 2. The first-order valence-corrected chi connectivity index (χ1v) is 5.33. The van der Waals surface area contributed by atoms with Gasteiger partial charge in [-0.15, -0.1) is 0 Å². The predicted molar refractivity (Wildman–Crippen MR) is 62.8 cm³/mol. The first kappa shape index (κ1) is 12.7. The molecule has 0 fully saturated rings. The molecule has 0 aliphatic rings. The van der Waals surface area contributed by atoms with Gasteiger partial charge >= 0.3 is 0 Å². The van der Waals surface area contributed by atoms with E-state index in [1.165, 1.54) is 0 Å². The molecule has 3 heteroatoms. The highest BCUT2D eigenvalue weighted by atomic mass is 16.5. The molecule has 0 N–H and O–H groups in total. The van der Waals surface area contributed by atoms with E-state index in [0.29, 0.717) is 12.8 Å². The molecule has 1 atom stereocenters. The molecule has 0 saturated heterocycles. The van der Waals surface area contributed by atoms with Crippen molar-refractivity contribution in [2.75, 3.05) is 14.2 Å². The molecule has 0 spiro atoms. The van der Waals surface area contributed by atoms with Gasteiger partial charge in [-0.05, 0) is 13.0 Å². The van der Waals surface area contributed by atoms with Gasteiger partial charge in [-0.2, -0.15) is 0 Å². The SMILES string of the molecule is COc1ccccc1CC(=O)CC(C)OC. The minimum absolute atomic E-state index is 0.0257. The predicted octanol–water partition coefficient (Wildman–Crippen LogP) is 2.23. The first-order valence-electron chi connectivity index (χ1n) is 5.33. The largest absolute Gasteiger partial charge is 0.496 e. The van der Waals surface area contributed by atoms with Gasteiger partial charge in [0.2, 0.25) is 0 Å².